The molecule has 1 aliphatic rings. The molecule has 4 rings (SSSR count). The Labute approximate surface area is 138 Å². The number of ether oxygens (including phenoxy) is 1. The van der Waals surface area contributed by atoms with Crippen LogP contribution in [-0.2, 0) is 19.5 Å². The quantitative estimate of drug-likeness (QED) is 0.784. The lowest BCUT2D eigenvalue weighted by Gasteiger charge is -2.28. The zero-order chi connectivity index (χ0) is 16.5. The van der Waals surface area contributed by atoms with E-state index in [2.05, 4.69) is 32.1 Å². The van der Waals surface area contributed by atoms with E-state index in [0.29, 0.717) is 24.9 Å². The molecule has 0 saturated heterocycles. The number of rotatable bonds is 4. The smallest absolute Gasteiger partial charge is 0.337 e. The number of hydrogen-bond donors (Lipinski definition) is 1. The largest absolute Gasteiger partial charge is 0.463 e. The number of benzene rings is 1. The lowest BCUT2D eigenvalue weighted by Crippen LogP contribution is -2.36. The molecule has 1 N–H and O–H groups in total. The van der Waals surface area contributed by atoms with Gasteiger partial charge in [-0.3, -0.25) is 14.7 Å². The van der Waals surface area contributed by atoms with Crippen LogP contribution in [0.2, 0.25) is 0 Å². The van der Waals surface area contributed by atoms with E-state index in [4.69, 9.17) is 4.74 Å². The second kappa shape index (κ2) is 6.09. The van der Waals surface area contributed by atoms with Gasteiger partial charge in [0, 0.05) is 26.1 Å². The van der Waals surface area contributed by atoms with Crippen molar-refractivity contribution in [3.05, 3.63) is 57.5 Å². The summed E-state index contributed by atoms with van der Waals surface area (Å²) in [5.74, 6) is 0.443. The van der Waals surface area contributed by atoms with Gasteiger partial charge in [-0.15, -0.1) is 5.10 Å². The van der Waals surface area contributed by atoms with Crippen molar-refractivity contribution < 1.29 is 4.74 Å². The molecule has 2 aromatic heterocycles. The molecular weight excluding hydrogens is 306 g/mol. The van der Waals surface area contributed by atoms with Gasteiger partial charge in [0.15, 0.2) is 0 Å². The monoisotopic (exact) mass is 325 g/mol. The molecule has 7 nitrogen and oxygen atoms in total. The van der Waals surface area contributed by atoms with E-state index in [9.17, 15) is 4.79 Å². The van der Waals surface area contributed by atoms with Gasteiger partial charge < -0.3 is 4.74 Å². The molecule has 0 fully saturated rings. The fourth-order valence-electron chi connectivity index (χ4n) is 3.15. The summed E-state index contributed by atoms with van der Waals surface area (Å²) in [5, 5.41) is 4.36. The Morgan fingerprint density at radius 2 is 2.12 bits per heavy atom. The molecule has 0 saturated carbocycles. The van der Waals surface area contributed by atoms with Crippen LogP contribution in [-0.4, -0.2) is 37.6 Å². The third kappa shape index (κ3) is 2.67. The molecule has 3 aromatic rings. The van der Waals surface area contributed by atoms with E-state index < -0.39 is 0 Å². The molecule has 0 amide bonds. The molecule has 0 atom stereocenters. The number of nitrogens with zero attached hydrogens (tertiary/aromatic N) is 4. The Balaban J connectivity index is 1.66. The van der Waals surface area contributed by atoms with Crippen LogP contribution in [0.4, 0.5) is 0 Å². The van der Waals surface area contributed by atoms with Gasteiger partial charge in [0.25, 0.3) is 5.56 Å². The predicted octanol–water partition coefficient (Wildman–Crippen LogP) is 1.37. The summed E-state index contributed by atoms with van der Waals surface area (Å²) in [4.78, 5) is 21.7. The maximum Gasteiger partial charge on any atom is 0.337 e. The topological polar surface area (TPSA) is 75.5 Å². The summed E-state index contributed by atoms with van der Waals surface area (Å²) < 4.78 is 7.06. The lowest BCUT2D eigenvalue weighted by atomic mass is 10.1. The molecular formula is C17H19N5O2. The zero-order valence-electron chi connectivity index (χ0n) is 13.5. The molecule has 1 aromatic carbocycles. The normalized spacial score (nSPS) is 14.7. The van der Waals surface area contributed by atoms with Gasteiger partial charge in [-0.25, -0.2) is 0 Å². The third-order valence-corrected chi connectivity index (χ3v) is 4.26. The van der Waals surface area contributed by atoms with Gasteiger partial charge in [-0.1, -0.05) is 30.3 Å². The van der Waals surface area contributed by atoms with Crippen molar-refractivity contribution in [2.45, 2.75) is 26.4 Å². The van der Waals surface area contributed by atoms with Crippen LogP contribution in [0.5, 0.6) is 6.01 Å². The highest BCUT2D eigenvalue weighted by molar-refractivity contribution is 5.35. The standard InChI is InChI=1S/C17H19N5O2/c1-2-24-17-19-16-18-15(23)13-11-21(9-8-14(13)22(16)20-17)10-12-6-4-3-5-7-12/h3-7H,2,8-11H2,1H3,(H,18,19,20,23). The van der Waals surface area contributed by atoms with Crippen LogP contribution in [0.25, 0.3) is 5.78 Å². The molecule has 24 heavy (non-hydrogen) atoms. The Hall–Kier alpha value is -2.67. The van der Waals surface area contributed by atoms with Gasteiger partial charge in [0.1, 0.15) is 0 Å². The van der Waals surface area contributed by atoms with E-state index in [-0.39, 0.29) is 5.56 Å². The lowest BCUT2D eigenvalue weighted by molar-refractivity contribution is 0.240. The number of H-pyrrole nitrogens is 1. The van der Waals surface area contributed by atoms with Gasteiger partial charge in [0.2, 0.25) is 5.78 Å². The molecule has 124 valence electrons. The molecule has 7 heteroatoms. The predicted molar refractivity (Wildman–Crippen MR) is 89.0 cm³/mol. The van der Waals surface area contributed by atoms with Gasteiger partial charge in [-0.05, 0) is 12.5 Å². The first kappa shape index (κ1) is 14.9. The first-order valence-electron chi connectivity index (χ1n) is 8.14. The summed E-state index contributed by atoms with van der Waals surface area (Å²) in [6, 6.07) is 10.6. The summed E-state index contributed by atoms with van der Waals surface area (Å²) in [7, 11) is 0. The number of nitrogens with one attached hydrogen (secondary N) is 1. The Morgan fingerprint density at radius 3 is 2.92 bits per heavy atom. The minimum atomic E-state index is -0.0919. The fourth-order valence-corrected chi connectivity index (χ4v) is 3.15. The van der Waals surface area contributed by atoms with Crippen LogP contribution >= 0.6 is 0 Å². The van der Waals surface area contributed by atoms with Crippen LogP contribution in [0.15, 0.2) is 35.1 Å². The highest BCUT2D eigenvalue weighted by Gasteiger charge is 2.23. The van der Waals surface area contributed by atoms with Crippen LogP contribution in [0, 0.1) is 0 Å². The summed E-state index contributed by atoms with van der Waals surface area (Å²) >= 11 is 0. The van der Waals surface area contributed by atoms with E-state index >= 15 is 0 Å². The summed E-state index contributed by atoms with van der Waals surface area (Å²) in [5.41, 5.74) is 2.85. The van der Waals surface area contributed by atoms with E-state index in [1.54, 1.807) is 4.52 Å². The average molecular weight is 325 g/mol. The third-order valence-electron chi connectivity index (χ3n) is 4.26. The Bertz CT molecular complexity index is 916. The van der Waals surface area contributed by atoms with Gasteiger partial charge in [-0.2, -0.15) is 9.50 Å². The van der Waals surface area contributed by atoms with Crippen molar-refractivity contribution in [1.82, 2.24) is 24.5 Å². The molecule has 0 radical (unpaired) electrons. The number of aromatic amines is 1. The second-order valence-electron chi connectivity index (χ2n) is 5.89. The van der Waals surface area contributed by atoms with E-state index in [1.807, 2.05) is 25.1 Å². The molecule has 1 aliphatic heterocycles. The summed E-state index contributed by atoms with van der Waals surface area (Å²) in [6.45, 7) is 4.70. The highest BCUT2D eigenvalue weighted by atomic mass is 16.5. The average Bonchev–Trinajstić information content (AvgIpc) is 2.99. The Kier molecular flexibility index (Phi) is 3.78. The summed E-state index contributed by atoms with van der Waals surface area (Å²) in [6.07, 6.45) is 0.761. The van der Waals surface area contributed by atoms with Crippen molar-refractivity contribution in [2.75, 3.05) is 13.2 Å². The van der Waals surface area contributed by atoms with Crippen molar-refractivity contribution in [1.29, 1.82) is 0 Å². The second-order valence-corrected chi connectivity index (χ2v) is 5.89. The maximum atomic E-state index is 12.4. The van der Waals surface area contributed by atoms with Crippen LogP contribution < -0.4 is 10.3 Å². The molecule has 0 aliphatic carbocycles. The fraction of sp³-hybridized carbons (Fsp3) is 0.353. The number of hydrogen-bond acceptors (Lipinski definition) is 5. The minimum absolute atomic E-state index is 0.0919. The van der Waals surface area contributed by atoms with Crippen molar-refractivity contribution in [3.63, 3.8) is 0 Å². The minimum Gasteiger partial charge on any atom is -0.463 e. The molecule has 0 spiro atoms. The van der Waals surface area contributed by atoms with E-state index in [0.717, 1.165) is 30.8 Å². The SMILES string of the molecule is CCOc1nc2[nH]c(=O)c3c(n2n1)CCN(Cc1ccccc1)C3. The van der Waals surface area contributed by atoms with Crippen molar-refractivity contribution in [3.8, 4) is 6.01 Å². The molecule has 0 bridgehead atoms. The van der Waals surface area contributed by atoms with Crippen molar-refractivity contribution >= 4 is 5.78 Å². The Morgan fingerprint density at radius 1 is 1.29 bits per heavy atom. The highest BCUT2D eigenvalue weighted by Crippen LogP contribution is 2.19. The molecule has 0 unspecified atom stereocenters. The number of fused-ring (bicyclic) bond motifs is 3. The first-order chi connectivity index (χ1) is 11.7. The van der Waals surface area contributed by atoms with Crippen LogP contribution in [0.3, 0.4) is 0 Å². The van der Waals surface area contributed by atoms with Crippen LogP contribution in [0.1, 0.15) is 23.7 Å². The van der Waals surface area contributed by atoms with E-state index in [1.165, 1.54) is 5.56 Å². The first-order valence-corrected chi connectivity index (χ1v) is 8.14. The van der Waals surface area contributed by atoms with Gasteiger partial charge in [0.05, 0.1) is 17.9 Å². The zero-order valence-corrected chi connectivity index (χ0v) is 13.5. The maximum absolute atomic E-state index is 12.4. The number of aromatic nitrogens is 4. The van der Waals surface area contributed by atoms with Crippen molar-refractivity contribution in [2.24, 2.45) is 0 Å². The molecule has 3 heterocycles. The van der Waals surface area contributed by atoms with Gasteiger partial charge >= 0.3 is 6.01 Å².